The van der Waals surface area contributed by atoms with Crippen LogP contribution in [-0.4, -0.2) is 55.3 Å². The summed E-state index contributed by atoms with van der Waals surface area (Å²) in [7, 11) is 3.43. The Bertz CT molecular complexity index is 618. The smallest absolute Gasteiger partial charge is 0.315 e. The minimum Gasteiger partial charge on any atom is -0.459 e. The van der Waals surface area contributed by atoms with Crippen LogP contribution in [0.5, 0.6) is 0 Å². The van der Waals surface area contributed by atoms with Crippen molar-refractivity contribution in [3.8, 4) is 0 Å². The van der Waals surface area contributed by atoms with Crippen LogP contribution in [0.3, 0.4) is 0 Å². The molecule has 0 fully saturated rings. The molecular weight excluding hydrogens is 396 g/mol. The van der Waals surface area contributed by atoms with Gasteiger partial charge in [0.1, 0.15) is 5.60 Å². The van der Waals surface area contributed by atoms with E-state index < -0.39 is 11.5 Å². The fourth-order valence-corrected chi connectivity index (χ4v) is 3.41. The quantitative estimate of drug-likeness (QED) is 0.344. The van der Waals surface area contributed by atoms with E-state index in [1.54, 1.807) is 25.9 Å². The van der Waals surface area contributed by atoms with Gasteiger partial charge >= 0.3 is 5.97 Å². The van der Waals surface area contributed by atoms with Crippen molar-refractivity contribution < 1.29 is 14.3 Å². The van der Waals surface area contributed by atoms with Gasteiger partial charge in [-0.05, 0) is 50.6 Å². The van der Waals surface area contributed by atoms with Gasteiger partial charge in [-0.15, -0.1) is 24.2 Å². The summed E-state index contributed by atoms with van der Waals surface area (Å²) in [5, 5.41) is 3.10. The lowest BCUT2D eigenvalue weighted by Crippen LogP contribution is -2.38. The lowest BCUT2D eigenvalue weighted by atomic mass is 9.98. The lowest BCUT2D eigenvalue weighted by Gasteiger charge is -2.25. The molecule has 1 atom stereocenters. The van der Waals surface area contributed by atoms with E-state index in [1.807, 2.05) is 32.9 Å². The number of nitrogens with one attached hydrogen (secondary N) is 1. The number of ether oxygens (including phenoxy) is 1. The molecule has 160 valence electrons. The Balaban J connectivity index is 0.00000729. The number of rotatable bonds is 10. The molecule has 1 aromatic rings. The summed E-state index contributed by atoms with van der Waals surface area (Å²) in [4.78, 5) is 27.3. The predicted octanol–water partition coefficient (Wildman–Crippen LogP) is 4.10. The zero-order valence-electron chi connectivity index (χ0n) is 17.9. The second-order valence-corrected chi connectivity index (χ2v) is 8.95. The van der Waals surface area contributed by atoms with Gasteiger partial charge in [0.15, 0.2) is 0 Å². The van der Waals surface area contributed by atoms with Gasteiger partial charge in [0, 0.05) is 25.5 Å². The Hall–Kier alpha value is -1.24. The number of carbonyl (C=O) groups excluding carboxylic acids is 2. The van der Waals surface area contributed by atoms with E-state index in [2.05, 4.69) is 24.4 Å². The van der Waals surface area contributed by atoms with Crippen LogP contribution >= 0.6 is 24.2 Å². The molecule has 1 aromatic carbocycles. The van der Waals surface area contributed by atoms with Crippen LogP contribution in [0, 0.1) is 0 Å². The van der Waals surface area contributed by atoms with Crippen LogP contribution in [0.2, 0.25) is 0 Å². The van der Waals surface area contributed by atoms with Crippen molar-refractivity contribution in [2.75, 3.05) is 32.9 Å². The number of esters is 1. The molecule has 1 amide bonds. The summed E-state index contributed by atoms with van der Waals surface area (Å²) >= 11 is 1.80. The number of hydrogen-bond acceptors (Lipinski definition) is 5. The van der Waals surface area contributed by atoms with E-state index in [-0.39, 0.29) is 30.8 Å². The Morgan fingerprint density at radius 1 is 1.25 bits per heavy atom. The zero-order valence-corrected chi connectivity index (χ0v) is 19.5. The topological polar surface area (TPSA) is 58.6 Å². The molecule has 0 aliphatic carbocycles. The number of nitrogens with zero attached hydrogens (tertiary/aromatic N) is 1. The van der Waals surface area contributed by atoms with Gasteiger partial charge in [0.05, 0.1) is 12.5 Å². The molecule has 28 heavy (non-hydrogen) atoms. The standard InChI is InChI=1S/C21H34N2O3S.ClH/c1-7-8-12-27-17-11-9-10-16(13-17)18(20(25)26-21(2,3)4)14-22-15-19(24)23(5)6;/h9-11,13,18,22H,7-8,12,14-15H2,1-6H3;1H. The first-order valence-corrected chi connectivity index (χ1v) is 10.5. The van der Waals surface area contributed by atoms with Crippen molar-refractivity contribution in [2.45, 2.75) is 57.0 Å². The fraction of sp³-hybridized carbons (Fsp3) is 0.619. The highest BCUT2D eigenvalue weighted by Crippen LogP contribution is 2.26. The molecule has 0 aliphatic rings. The van der Waals surface area contributed by atoms with Crippen LogP contribution in [0.4, 0.5) is 0 Å². The predicted molar refractivity (Wildman–Crippen MR) is 119 cm³/mol. The Labute approximate surface area is 180 Å². The molecule has 0 heterocycles. The van der Waals surface area contributed by atoms with E-state index >= 15 is 0 Å². The normalized spacial score (nSPS) is 12.1. The maximum atomic E-state index is 12.8. The van der Waals surface area contributed by atoms with E-state index in [0.717, 1.165) is 22.6 Å². The third-order valence-corrected chi connectivity index (χ3v) is 4.92. The van der Waals surface area contributed by atoms with Crippen molar-refractivity contribution in [2.24, 2.45) is 0 Å². The average molecular weight is 431 g/mol. The van der Waals surface area contributed by atoms with E-state index in [9.17, 15) is 9.59 Å². The van der Waals surface area contributed by atoms with E-state index in [1.165, 1.54) is 11.3 Å². The summed E-state index contributed by atoms with van der Waals surface area (Å²) in [5.74, 6) is 0.308. The first-order valence-electron chi connectivity index (χ1n) is 9.50. The second kappa shape index (κ2) is 13.1. The summed E-state index contributed by atoms with van der Waals surface area (Å²) in [6.45, 7) is 8.32. The first kappa shape index (κ1) is 26.8. The molecule has 1 unspecified atom stereocenters. The maximum Gasteiger partial charge on any atom is 0.315 e. The number of hydrogen-bond donors (Lipinski definition) is 1. The number of amides is 1. The lowest BCUT2D eigenvalue weighted by molar-refractivity contribution is -0.156. The van der Waals surface area contributed by atoms with Crippen molar-refractivity contribution in [3.63, 3.8) is 0 Å². The van der Waals surface area contributed by atoms with Gasteiger partial charge in [0.25, 0.3) is 0 Å². The van der Waals surface area contributed by atoms with Crippen LogP contribution in [0.15, 0.2) is 29.2 Å². The van der Waals surface area contributed by atoms with Crippen molar-refractivity contribution in [1.82, 2.24) is 10.2 Å². The van der Waals surface area contributed by atoms with Crippen molar-refractivity contribution in [3.05, 3.63) is 29.8 Å². The number of halogens is 1. The number of carbonyl (C=O) groups is 2. The number of thioether (sulfide) groups is 1. The Morgan fingerprint density at radius 3 is 2.50 bits per heavy atom. The second-order valence-electron chi connectivity index (χ2n) is 7.78. The van der Waals surface area contributed by atoms with Crippen LogP contribution in [-0.2, 0) is 14.3 Å². The van der Waals surface area contributed by atoms with Gasteiger partial charge in [0.2, 0.25) is 5.91 Å². The van der Waals surface area contributed by atoms with Crippen LogP contribution < -0.4 is 5.32 Å². The highest BCUT2D eigenvalue weighted by atomic mass is 35.5. The Morgan fingerprint density at radius 2 is 1.93 bits per heavy atom. The van der Waals surface area contributed by atoms with Crippen LogP contribution in [0.1, 0.15) is 52.0 Å². The molecule has 0 radical (unpaired) electrons. The largest absolute Gasteiger partial charge is 0.459 e. The minimum atomic E-state index is -0.553. The summed E-state index contributed by atoms with van der Waals surface area (Å²) in [6.07, 6.45) is 2.33. The average Bonchev–Trinajstić information content (AvgIpc) is 2.57. The number of benzene rings is 1. The van der Waals surface area contributed by atoms with Gasteiger partial charge in [-0.2, -0.15) is 0 Å². The summed E-state index contributed by atoms with van der Waals surface area (Å²) in [6, 6.07) is 8.06. The molecule has 1 rings (SSSR count). The van der Waals surface area contributed by atoms with E-state index in [4.69, 9.17) is 4.74 Å². The molecule has 0 bridgehead atoms. The third kappa shape index (κ3) is 10.3. The maximum absolute atomic E-state index is 12.8. The monoisotopic (exact) mass is 430 g/mol. The van der Waals surface area contributed by atoms with E-state index in [0.29, 0.717) is 6.54 Å². The fourth-order valence-electron chi connectivity index (χ4n) is 2.35. The van der Waals surface area contributed by atoms with Gasteiger partial charge in [-0.3, -0.25) is 9.59 Å². The summed E-state index contributed by atoms with van der Waals surface area (Å²) in [5.41, 5.74) is 0.359. The highest BCUT2D eigenvalue weighted by Gasteiger charge is 2.27. The number of unbranched alkanes of at least 4 members (excludes halogenated alkanes) is 1. The zero-order chi connectivity index (χ0) is 20.4. The summed E-state index contributed by atoms with van der Waals surface area (Å²) < 4.78 is 5.62. The molecule has 0 spiro atoms. The van der Waals surface area contributed by atoms with Gasteiger partial charge < -0.3 is 15.0 Å². The van der Waals surface area contributed by atoms with Crippen molar-refractivity contribution in [1.29, 1.82) is 0 Å². The van der Waals surface area contributed by atoms with Crippen LogP contribution in [0.25, 0.3) is 0 Å². The first-order chi connectivity index (χ1) is 12.6. The SMILES string of the molecule is CCCCSc1cccc(C(CNCC(=O)N(C)C)C(=O)OC(C)(C)C)c1.Cl. The minimum absolute atomic E-state index is 0. The van der Waals surface area contributed by atoms with Crippen molar-refractivity contribution >= 4 is 36.0 Å². The van der Waals surface area contributed by atoms with Gasteiger partial charge in [-0.25, -0.2) is 0 Å². The molecule has 0 saturated carbocycles. The molecule has 0 saturated heterocycles. The number of likely N-dealkylation sites (N-methyl/N-ethyl adjacent to an activating group) is 1. The molecule has 7 heteroatoms. The van der Waals surface area contributed by atoms with Gasteiger partial charge in [-0.1, -0.05) is 25.5 Å². The highest BCUT2D eigenvalue weighted by molar-refractivity contribution is 7.99. The molecule has 0 aliphatic heterocycles. The third-order valence-electron chi connectivity index (χ3n) is 3.84. The Kier molecular flexibility index (Phi) is 12.5. The molecule has 5 nitrogen and oxygen atoms in total. The molecular formula is C21H35ClN2O3S. The molecule has 0 aromatic heterocycles. The molecule has 1 N–H and O–H groups in total.